The Labute approximate surface area is 135 Å². The standard InChI is InChI=1S/C14H26N2O7/c17-12(18)11-14(13(19)20)15-3-1-5-21-7-9-23-10-8-22-6-2-4-16-14/h15-16H,1-11H2,(H,17,18)(H,19,20). The molecule has 9 heteroatoms. The summed E-state index contributed by atoms with van der Waals surface area (Å²) in [4.78, 5) is 22.6. The van der Waals surface area contributed by atoms with E-state index in [9.17, 15) is 14.7 Å². The van der Waals surface area contributed by atoms with Crippen LogP contribution in [0.1, 0.15) is 19.3 Å². The van der Waals surface area contributed by atoms with Crippen LogP contribution in [-0.4, -0.2) is 80.5 Å². The molecule has 23 heavy (non-hydrogen) atoms. The Morgan fingerprint density at radius 2 is 1.26 bits per heavy atom. The van der Waals surface area contributed by atoms with E-state index in [1.165, 1.54) is 0 Å². The van der Waals surface area contributed by atoms with Gasteiger partial charge in [0.25, 0.3) is 0 Å². The highest BCUT2D eigenvalue weighted by Gasteiger charge is 2.39. The number of rotatable bonds is 3. The third kappa shape index (κ3) is 8.24. The van der Waals surface area contributed by atoms with Crippen LogP contribution in [0.4, 0.5) is 0 Å². The molecule has 0 spiro atoms. The van der Waals surface area contributed by atoms with Gasteiger partial charge in [-0.15, -0.1) is 0 Å². The number of carboxylic acid groups (broad SMARTS) is 2. The summed E-state index contributed by atoms with van der Waals surface area (Å²) >= 11 is 0. The van der Waals surface area contributed by atoms with Crippen molar-refractivity contribution in [1.29, 1.82) is 0 Å². The number of carbonyl (C=O) groups is 2. The van der Waals surface area contributed by atoms with E-state index in [2.05, 4.69) is 10.6 Å². The van der Waals surface area contributed by atoms with Gasteiger partial charge in [-0.1, -0.05) is 0 Å². The van der Waals surface area contributed by atoms with E-state index in [0.717, 1.165) is 0 Å². The molecule has 0 amide bonds. The Bertz CT molecular complexity index is 349. The summed E-state index contributed by atoms with van der Waals surface area (Å²) in [5.74, 6) is -2.43. The Hall–Kier alpha value is -1.26. The van der Waals surface area contributed by atoms with Crippen molar-refractivity contribution in [2.45, 2.75) is 24.9 Å². The van der Waals surface area contributed by atoms with Crippen molar-refractivity contribution in [1.82, 2.24) is 10.6 Å². The van der Waals surface area contributed by atoms with Gasteiger partial charge in [-0.25, -0.2) is 4.79 Å². The fourth-order valence-corrected chi connectivity index (χ4v) is 2.14. The molecule has 1 saturated heterocycles. The molecule has 1 aliphatic heterocycles. The highest BCUT2D eigenvalue weighted by molar-refractivity contribution is 5.84. The summed E-state index contributed by atoms with van der Waals surface area (Å²) in [6, 6.07) is 0. The summed E-state index contributed by atoms with van der Waals surface area (Å²) in [6.45, 7) is 3.40. The molecule has 134 valence electrons. The molecule has 0 aromatic carbocycles. The van der Waals surface area contributed by atoms with E-state index >= 15 is 0 Å². The summed E-state index contributed by atoms with van der Waals surface area (Å²) < 4.78 is 16.0. The smallest absolute Gasteiger partial charge is 0.339 e. The normalized spacial score (nSPS) is 22.3. The quantitative estimate of drug-likeness (QED) is 0.528. The van der Waals surface area contributed by atoms with Gasteiger partial charge < -0.3 is 24.4 Å². The van der Waals surface area contributed by atoms with Crippen molar-refractivity contribution in [2.24, 2.45) is 0 Å². The number of aliphatic carboxylic acids is 2. The molecular weight excluding hydrogens is 308 g/mol. The lowest BCUT2D eigenvalue weighted by Crippen LogP contribution is -2.64. The second-order valence-corrected chi connectivity index (χ2v) is 5.18. The van der Waals surface area contributed by atoms with Crippen LogP contribution in [0.15, 0.2) is 0 Å². The van der Waals surface area contributed by atoms with Crippen LogP contribution in [0.25, 0.3) is 0 Å². The Balaban J connectivity index is 2.61. The second-order valence-electron chi connectivity index (χ2n) is 5.18. The van der Waals surface area contributed by atoms with Crippen molar-refractivity contribution >= 4 is 11.9 Å². The van der Waals surface area contributed by atoms with Gasteiger partial charge in [0, 0.05) is 13.2 Å². The minimum atomic E-state index is -1.69. The van der Waals surface area contributed by atoms with Gasteiger partial charge in [-0.3, -0.25) is 15.4 Å². The topological polar surface area (TPSA) is 126 Å². The third-order valence-corrected chi connectivity index (χ3v) is 3.31. The van der Waals surface area contributed by atoms with Crippen molar-refractivity contribution in [2.75, 3.05) is 52.7 Å². The summed E-state index contributed by atoms with van der Waals surface area (Å²) in [6.07, 6.45) is 0.580. The molecule has 1 heterocycles. The average molecular weight is 334 g/mol. The van der Waals surface area contributed by atoms with Crippen LogP contribution >= 0.6 is 0 Å². The van der Waals surface area contributed by atoms with Crippen LogP contribution < -0.4 is 10.6 Å². The van der Waals surface area contributed by atoms with E-state index in [4.69, 9.17) is 19.3 Å². The first-order valence-electron chi connectivity index (χ1n) is 7.75. The highest BCUT2D eigenvalue weighted by Crippen LogP contribution is 2.08. The fraction of sp³-hybridized carbons (Fsp3) is 0.857. The Morgan fingerprint density at radius 3 is 1.65 bits per heavy atom. The molecule has 0 aliphatic carbocycles. The summed E-state index contributed by atoms with van der Waals surface area (Å²) in [7, 11) is 0. The van der Waals surface area contributed by atoms with Gasteiger partial charge in [-0.05, 0) is 25.9 Å². The van der Waals surface area contributed by atoms with Gasteiger partial charge in [0.1, 0.15) is 0 Å². The Morgan fingerprint density at radius 1 is 0.826 bits per heavy atom. The molecule has 1 rings (SSSR count). The first-order chi connectivity index (χ1) is 11.1. The van der Waals surface area contributed by atoms with E-state index in [1.54, 1.807) is 0 Å². The van der Waals surface area contributed by atoms with Crippen LogP contribution in [-0.2, 0) is 23.8 Å². The first kappa shape index (κ1) is 19.8. The minimum Gasteiger partial charge on any atom is -0.481 e. The van der Waals surface area contributed by atoms with Crippen molar-refractivity contribution in [3.63, 3.8) is 0 Å². The Kier molecular flexibility index (Phi) is 9.72. The maximum absolute atomic E-state index is 11.6. The molecule has 1 aliphatic rings. The van der Waals surface area contributed by atoms with Crippen molar-refractivity contribution in [3.8, 4) is 0 Å². The SMILES string of the molecule is O=C(O)CC1(C(=O)O)NCCCOCCOCCOCCCN1. The number of ether oxygens (including phenoxy) is 3. The zero-order valence-corrected chi connectivity index (χ0v) is 13.2. The largest absolute Gasteiger partial charge is 0.481 e. The highest BCUT2D eigenvalue weighted by atomic mass is 16.5. The summed E-state index contributed by atoms with van der Waals surface area (Å²) in [5, 5.41) is 24.1. The van der Waals surface area contributed by atoms with Gasteiger partial charge in [0.15, 0.2) is 5.66 Å². The van der Waals surface area contributed by atoms with Crippen LogP contribution in [0.5, 0.6) is 0 Å². The lowest BCUT2D eigenvalue weighted by Gasteiger charge is -2.30. The van der Waals surface area contributed by atoms with Crippen molar-refractivity contribution in [3.05, 3.63) is 0 Å². The number of hydrogen-bond acceptors (Lipinski definition) is 7. The number of carboxylic acids is 2. The molecule has 0 saturated carbocycles. The molecule has 0 atom stereocenters. The molecule has 0 aromatic heterocycles. The lowest BCUT2D eigenvalue weighted by atomic mass is 10.1. The molecule has 9 nitrogen and oxygen atoms in total. The van der Waals surface area contributed by atoms with Crippen LogP contribution in [0.2, 0.25) is 0 Å². The molecule has 4 N–H and O–H groups in total. The van der Waals surface area contributed by atoms with Gasteiger partial charge >= 0.3 is 11.9 Å². The molecule has 0 unspecified atom stereocenters. The predicted octanol–water partition coefficient (Wildman–Crippen LogP) is -0.735. The average Bonchev–Trinajstić information content (AvgIpc) is 2.48. The van der Waals surface area contributed by atoms with Gasteiger partial charge in [-0.2, -0.15) is 0 Å². The van der Waals surface area contributed by atoms with Gasteiger partial charge in [0.05, 0.1) is 32.8 Å². The third-order valence-electron chi connectivity index (χ3n) is 3.31. The maximum atomic E-state index is 11.6. The van der Waals surface area contributed by atoms with E-state index < -0.39 is 24.0 Å². The first-order valence-corrected chi connectivity index (χ1v) is 7.75. The predicted molar refractivity (Wildman–Crippen MR) is 80.3 cm³/mol. The van der Waals surface area contributed by atoms with Gasteiger partial charge in [0.2, 0.25) is 0 Å². The van der Waals surface area contributed by atoms with E-state index in [1.807, 2.05) is 0 Å². The van der Waals surface area contributed by atoms with E-state index in [0.29, 0.717) is 65.6 Å². The van der Waals surface area contributed by atoms with Crippen LogP contribution in [0, 0.1) is 0 Å². The number of nitrogens with one attached hydrogen (secondary N) is 2. The van der Waals surface area contributed by atoms with E-state index in [-0.39, 0.29) is 0 Å². The molecular formula is C14H26N2O7. The zero-order valence-electron chi connectivity index (χ0n) is 13.2. The monoisotopic (exact) mass is 334 g/mol. The maximum Gasteiger partial charge on any atom is 0.339 e. The second kappa shape index (κ2) is 11.3. The lowest BCUT2D eigenvalue weighted by molar-refractivity contribution is -0.153. The van der Waals surface area contributed by atoms with Crippen molar-refractivity contribution < 1.29 is 34.0 Å². The van der Waals surface area contributed by atoms with Crippen LogP contribution in [0.3, 0.4) is 0 Å². The zero-order chi connectivity index (χ0) is 17.0. The molecule has 1 fully saturated rings. The fourth-order valence-electron chi connectivity index (χ4n) is 2.14. The number of hydrogen-bond donors (Lipinski definition) is 4. The molecule has 0 bridgehead atoms. The molecule has 0 radical (unpaired) electrons. The minimum absolute atomic E-state index is 0.323. The molecule has 0 aromatic rings. The summed E-state index contributed by atoms with van der Waals surface area (Å²) in [5.41, 5.74) is -1.69.